The lowest BCUT2D eigenvalue weighted by Gasteiger charge is -2.07. The highest BCUT2D eigenvalue weighted by Gasteiger charge is 2.20. The van der Waals surface area contributed by atoms with Crippen molar-refractivity contribution in [1.29, 1.82) is 0 Å². The predicted octanol–water partition coefficient (Wildman–Crippen LogP) is 2.15. The van der Waals surface area contributed by atoms with Crippen molar-refractivity contribution in [2.24, 2.45) is 5.92 Å². The molecular weight excluding hydrogens is 214 g/mol. The lowest BCUT2D eigenvalue weighted by atomic mass is 10.3. The fourth-order valence-corrected chi connectivity index (χ4v) is 1.56. The van der Waals surface area contributed by atoms with Gasteiger partial charge in [-0.1, -0.05) is 26.7 Å². The summed E-state index contributed by atoms with van der Waals surface area (Å²) in [6.45, 7) is 5.75. The number of hydrogen-bond acceptors (Lipinski definition) is 4. The van der Waals surface area contributed by atoms with Crippen LogP contribution in [0.15, 0.2) is 12.1 Å². The van der Waals surface area contributed by atoms with Gasteiger partial charge in [0.25, 0.3) is 0 Å². The number of nitrogens with zero attached hydrogens (tertiary/aromatic N) is 2. The van der Waals surface area contributed by atoms with E-state index in [1.54, 1.807) is 0 Å². The smallest absolute Gasteiger partial charge is 0.233 e. The highest BCUT2D eigenvalue weighted by molar-refractivity contribution is 5.11. The van der Waals surface area contributed by atoms with Crippen LogP contribution < -0.4 is 10.1 Å². The fourth-order valence-electron chi connectivity index (χ4n) is 1.56. The van der Waals surface area contributed by atoms with E-state index >= 15 is 0 Å². The fraction of sp³-hybridized carbons (Fsp3) is 0.692. The van der Waals surface area contributed by atoms with Crippen molar-refractivity contribution in [2.45, 2.75) is 45.7 Å². The molecule has 94 valence electrons. The maximum atomic E-state index is 5.54. The minimum absolute atomic E-state index is 0.464. The van der Waals surface area contributed by atoms with Crippen LogP contribution in [0.5, 0.6) is 5.88 Å². The first kappa shape index (κ1) is 12.3. The number of ether oxygens (including phenoxy) is 1. The lowest BCUT2D eigenvalue weighted by molar-refractivity contribution is 0.287. The molecule has 1 aromatic heterocycles. The molecule has 2 rings (SSSR count). The molecule has 1 aliphatic rings. The van der Waals surface area contributed by atoms with Crippen LogP contribution in [0.4, 0.5) is 0 Å². The molecule has 0 bridgehead atoms. The Morgan fingerprint density at radius 1 is 1.35 bits per heavy atom. The third kappa shape index (κ3) is 4.69. The van der Waals surface area contributed by atoms with E-state index in [0.717, 1.165) is 31.2 Å². The molecule has 0 amide bonds. The third-order valence-electron chi connectivity index (χ3n) is 2.86. The Labute approximate surface area is 103 Å². The third-order valence-corrected chi connectivity index (χ3v) is 2.86. The zero-order valence-electron chi connectivity index (χ0n) is 10.6. The Hall–Kier alpha value is -1.16. The van der Waals surface area contributed by atoms with Gasteiger partial charge in [0.2, 0.25) is 5.88 Å². The zero-order chi connectivity index (χ0) is 12.1. The first-order valence-electron chi connectivity index (χ1n) is 6.43. The number of hydrogen-bond donors (Lipinski definition) is 1. The van der Waals surface area contributed by atoms with E-state index in [0.29, 0.717) is 11.9 Å². The second-order valence-electron chi connectivity index (χ2n) is 4.98. The van der Waals surface area contributed by atoms with E-state index < -0.39 is 0 Å². The van der Waals surface area contributed by atoms with Crippen molar-refractivity contribution >= 4 is 0 Å². The molecule has 0 aliphatic heterocycles. The maximum Gasteiger partial charge on any atom is 0.233 e. The number of rotatable bonds is 7. The minimum Gasteiger partial charge on any atom is -0.477 e. The van der Waals surface area contributed by atoms with Gasteiger partial charge in [-0.05, 0) is 18.4 Å². The molecule has 0 saturated heterocycles. The van der Waals surface area contributed by atoms with E-state index in [9.17, 15) is 0 Å². The molecule has 1 saturated carbocycles. The van der Waals surface area contributed by atoms with Gasteiger partial charge in [-0.15, -0.1) is 5.10 Å². The molecule has 4 heteroatoms. The van der Waals surface area contributed by atoms with Crippen molar-refractivity contribution in [3.63, 3.8) is 0 Å². The Morgan fingerprint density at radius 2 is 2.18 bits per heavy atom. The molecule has 0 aromatic carbocycles. The average molecular weight is 235 g/mol. The van der Waals surface area contributed by atoms with Crippen LogP contribution in [-0.2, 0) is 6.54 Å². The minimum atomic E-state index is 0.464. The summed E-state index contributed by atoms with van der Waals surface area (Å²) in [5.41, 5.74) is 0.952. The van der Waals surface area contributed by atoms with Crippen LogP contribution in [0, 0.1) is 5.92 Å². The van der Waals surface area contributed by atoms with Crippen molar-refractivity contribution in [1.82, 2.24) is 15.5 Å². The van der Waals surface area contributed by atoms with E-state index in [4.69, 9.17) is 4.74 Å². The first-order valence-corrected chi connectivity index (χ1v) is 6.43. The van der Waals surface area contributed by atoms with Gasteiger partial charge in [-0.25, -0.2) is 0 Å². The Morgan fingerprint density at radius 3 is 2.76 bits per heavy atom. The molecule has 17 heavy (non-hydrogen) atoms. The molecule has 0 atom stereocenters. The van der Waals surface area contributed by atoms with Crippen LogP contribution in [0.2, 0.25) is 0 Å². The van der Waals surface area contributed by atoms with Crippen LogP contribution in [-0.4, -0.2) is 22.8 Å². The molecule has 1 heterocycles. The predicted molar refractivity (Wildman–Crippen MR) is 66.8 cm³/mol. The quantitative estimate of drug-likeness (QED) is 0.786. The van der Waals surface area contributed by atoms with Crippen molar-refractivity contribution in [3.05, 3.63) is 17.8 Å². The first-order chi connectivity index (χ1) is 8.24. The topological polar surface area (TPSA) is 47.0 Å². The van der Waals surface area contributed by atoms with E-state index in [-0.39, 0.29) is 0 Å². The summed E-state index contributed by atoms with van der Waals surface area (Å²) in [5, 5.41) is 11.5. The van der Waals surface area contributed by atoms with Crippen molar-refractivity contribution in [2.75, 3.05) is 6.61 Å². The summed E-state index contributed by atoms with van der Waals surface area (Å²) in [5.74, 6) is 1.54. The number of aromatic nitrogens is 2. The molecule has 4 nitrogen and oxygen atoms in total. The zero-order valence-corrected chi connectivity index (χ0v) is 10.6. The van der Waals surface area contributed by atoms with E-state index in [2.05, 4.69) is 29.4 Å². The Bertz CT molecular complexity index is 333. The summed E-state index contributed by atoms with van der Waals surface area (Å²) < 4.78 is 5.54. The highest BCUT2D eigenvalue weighted by Crippen LogP contribution is 2.32. The van der Waals surface area contributed by atoms with Crippen LogP contribution >= 0.6 is 0 Å². The summed E-state index contributed by atoms with van der Waals surface area (Å²) in [6.07, 6.45) is 3.89. The van der Waals surface area contributed by atoms with Crippen LogP contribution in [0.25, 0.3) is 0 Å². The summed E-state index contributed by atoms with van der Waals surface area (Å²) in [4.78, 5) is 0. The van der Waals surface area contributed by atoms with Gasteiger partial charge in [-0.3, -0.25) is 0 Å². The lowest BCUT2D eigenvalue weighted by Crippen LogP contribution is -2.22. The molecule has 0 radical (unpaired) electrons. The molecule has 0 spiro atoms. The van der Waals surface area contributed by atoms with Crippen LogP contribution in [0.3, 0.4) is 0 Å². The van der Waals surface area contributed by atoms with Crippen LogP contribution in [0.1, 0.15) is 38.8 Å². The van der Waals surface area contributed by atoms with Gasteiger partial charge in [-0.2, -0.15) is 5.10 Å². The van der Waals surface area contributed by atoms with Crippen molar-refractivity contribution < 1.29 is 4.74 Å². The molecular formula is C13H21N3O. The molecule has 1 N–H and O–H groups in total. The second-order valence-corrected chi connectivity index (χ2v) is 4.98. The SMILES string of the molecule is CC(C)NCc1ccc(OCCC2CC2)nn1. The molecule has 1 fully saturated rings. The van der Waals surface area contributed by atoms with Gasteiger partial charge < -0.3 is 10.1 Å². The Kier molecular flexibility index (Phi) is 4.31. The normalized spacial score (nSPS) is 15.2. The van der Waals surface area contributed by atoms with Crippen molar-refractivity contribution in [3.8, 4) is 5.88 Å². The van der Waals surface area contributed by atoms with E-state index in [1.165, 1.54) is 12.8 Å². The number of nitrogens with one attached hydrogen (secondary N) is 1. The molecule has 0 unspecified atom stereocenters. The maximum absolute atomic E-state index is 5.54. The largest absolute Gasteiger partial charge is 0.477 e. The van der Waals surface area contributed by atoms with Gasteiger partial charge in [0.1, 0.15) is 0 Å². The van der Waals surface area contributed by atoms with Gasteiger partial charge in [0.15, 0.2) is 0 Å². The van der Waals surface area contributed by atoms with Gasteiger partial charge in [0.05, 0.1) is 12.3 Å². The molecule has 1 aliphatic carbocycles. The average Bonchev–Trinajstić information content (AvgIpc) is 3.12. The van der Waals surface area contributed by atoms with Gasteiger partial charge >= 0.3 is 0 Å². The Balaban J connectivity index is 1.71. The monoisotopic (exact) mass is 235 g/mol. The highest BCUT2D eigenvalue weighted by atomic mass is 16.5. The standard InChI is InChI=1S/C13H21N3O/c1-10(2)14-9-12-5-6-13(16-15-12)17-8-7-11-3-4-11/h5-6,10-11,14H,3-4,7-9H2,1-2H3. The summed E-state index contributed by atoms with van der Waals surface area (Å²) in [6, 6.07) is 4.33. The summed E-state index contributed by atoms with van der Waals surface area (Å²) >= 11 is 0. The van der Waals surface area contributed by atoms with E-state index in [1.807, 2.05) is 12.1 Å². The molecule has 1 aromatic rings. The second kappa shape index (κ2) is 5.96. The summed E-state index contributed by atoms with van der Waals surface area (Å²) in [7, 11) is 0. The van der Waals surface area contributed by atoms with Gasteiger partial charge in [0, 0.05) is 18.7 Å².